The van der Waals surface area contributed by atoms with Gasteiger partial charge in [0.1, 0.15) is 0 Å². The Morgan fingerprint density at radius 3 is 2.58 bits per heavy atom. The van der Waals surface area contributed by atoms with Crippen LogP contribution in [0.2, 0.25) is 0 Å². The van der Waals surface area contributed by atoms with Crippen molar-refractivity contribution in [3.63, 3.8) is 0 Å². The SMILES string of the molecule is CCN(CC)C(=O)c1cnn(-c2nccc(-c3cc(C)sc3C)n2)c1C. The summed E-state index contributed by atoms with van der Waals surface area (Å²) in [5.74, 6) is 0.459. The van der Waals surface area contributed by atoms with Gasteiger partial charge in [-0.25, -0.2) is 14.6 Å². The smallest absolute Gasteiger partial charge is 0.257 e. The molecule has 0 aromatic carbocycles. The summed E-state index contributed by atoms with van der Waals surface area (Å²) >= 11 is 1.75. The highest BCUT2D eigenvalue weighted by Crippen LogP contribution is 2.29. The highest BCUT2D eigenvalue weighted by Gasteiger charge is 2.20. The van der Waals surface area contributed by atoms with E-state index in [1.807, 2.05) is 26.8 Å². The Bertz CT molecular complexity index is 939. The van der Waals surface area contributed by atoms with Crippen molar-refractivity contribution in [2.75, 3.05) is 13.1 Å². The number of aryl methyl sites for hydroxylation is 2. The van der Waals surface area contributed by atoms with Crippen molar-refractivity contribution in [3.8, 4) is 17.2 Å². The minimum Gasteiger partial charge on any atom is -0.339 e. The predicted octanol–water partition coefficient (Wildman–Crippen LogP) is 3.80. The number of carbonyl (C=O) groups excluding carboxylic acids is 1. The summed E-state index contributed by atoms with van der Waals surface area (Å²) in [6.07, 6.45) is 3.34. The number of carbonyl (C=O) groups is 1. The molecule has 0 aliphatic heterocycles. The van der Waals surface area contributed by atoms with Crippen LogP contribution in [-0.4, -0.2) is 43.6 Å². The third kappa shape index (κ3) is 3.26. The summed E-state index contributed by atoms with van der Waals surface area (Å²) in [6, 6.07) is 4.04. The summed E-state index contributed by atoms with van der Waals surface area (Å²) < 4.78 is 1.63. The largest absolute Gasteiger partial charge is 0.339 e. The Kier molecular flexibility index (Phi) is 5.18. The zero-order chi connectivity index (χ0) is 18.8. The van der Waals surface area contributed by atoms with Crippen LogP contribution in [0.4, 0.5) is 0 Å². The Labute approximate surface area is 157 Å². The predicted molar refractivity (Wildman–Crippen MR) is 104 cm³/mol. The molecule has 3 rings (SSSR count). The lowest BCUT2D eigenvalue weighted by Gasteiger charge is -2.18. The van der Waals surface area contributed by atoms with E-state index in [-0.39, 0.29) is 5.91 Å². The molecule has 26 heavy (non-hydrogen) atoms. The molecule has 0 bridgehead atoms. The van der Waals surface area contributed by atoms with Crippen molar-refractivity contribution in [1.29, 1.82) is 0 Å². The molecule has 0 spiro atoms. The van der Waals surface area contributed by atoms with E-state index in [0.29, 0.717) is 24.6 Å². The Balaban J connectivity index is 2.00. The van der Waals surface area contributed by atoms with Crippen molar-refractivity contribution in [2.45, 2.75) is 34.6 Å². The van der Waals surface area contributed by atoms with E-state index in [9.17, 15) is 4.79 Å². The van der Waals surface area contributed by atoms with Crippen LogP contribution < -0.4 is 0 Å². The van der Waals surface area contributed by atoms with Crippen molar-refractivity contribution < 1.29 is 4.79 Å². The van der Waals surface area contributed by atoms with Crippen LogP contribution in [0.25, 0.3) is 17.2 Å². The molecule has 6 nitrogen and oxygen atoms in total. The number of aromatic nitrogens is 4. The molecule has 0 N–H and O–H groups in total. The molecule has 0 saturated heterocycles. The third-order valence-corrected chi connectivity index (χ3v) is 5.41. The van der Waals surface area contributed by atoms with Gasteiger partial charge < -0.3 is 4.90 Å². The van der Waals surface area contributed by atoms with Gasteiger partial charge in [0, 0.05) is 34.6 Å². The Morgan fingerprint density at radius 1 is 1.23 bits per heavy atom. The van der Waals surface area contributed by atoms with Gasteiger partial charge in [-0.15, -0.1) is 11.3 Å². The minimum atomic E-state index is -0.0146. The molecule has 0 atom stereocenters. The first-order valence-corrected chi connectivity index (χ1v) is 9.52. The summed E-state index contributed by atoms with van der Waals surface area (Å²) in [4.78, 5) is 25.9. The van der Waals surface area contributed by atoms with Gasteiger partial charge in [-0.3, -0.25) is 4.79 Å². The van der Waals surface area contributed by atoms with Crippen molar-refractivity contribution in [2.24, 2.45) is 0 Å². The fourth-order valence-corrected chi connectivity index (χ4v) is 3.92. The Hall–Kier alpha value is -2.54. The lowest BCUT2D eigenvalue weighted by molar-refractivity contribution is 0.0772. The van der Waals surface area contributed by atoms with Gasteiger partial charge in [0.25, 0.3) is 11.9 Å². The molecule has 3 aromatic rings. The summed E-state index contributed by atoms with van der Waals surface area (Å²) in [5, 5.41) is 4.37. The summed E-state index contributed by atoms with van der Waals surface area (Å²) in [6.45, 7) is 11.3. The first-order valence-electron chi connectivity index (χ1n) is 8.71. The minimum absolute atomic E-state index is 0.0146. The number of thiophene rings is 1. The van der Waals surface area contributed by atoms with Crippen LogP contribution in [0.5, 0.6) is 0 Å². The lowest BCUT2D eigenvalue weighted by atomic mass is 10.2. The van der Waals surface area contributed by atoms with Gasteiger partial charge in [0.15, 0.2) is 0 Å². The highest BCUT2D eigenvalue weighted by atomic mass is 32.1. The molecule has 3 aromatic heterocycles. The topological polar surface area (TPSA) is 63.9 Å². The lowest BCUT2D eigenvalue weighted by Crippen LogP contribution is -2.30. The summed E-state index contributed by atoms with van der Waals surface area (Å²) in [7, 11) is 0. The second-order valence-electron chi connectivity index (χ2n) is 6.10. The van der Waals surface area contributed by atoms with E-state index >= 15 is 0 Å². The molecule has 3 heterocycles. The zero-order valence-corrected chi connectivity index (χ0v) is 16.6. The van der Waals surface area contributed by atoms with E-state index < -0.39 is 0 Å². The van der Waals surface area contributed by atoms with Gasteiger partial charge in [-0.1, -0.05) is 0 Å². The van der Waals surface area contributed by atoms with Crippen molar-refractivity contribution in [3.05, 3.63) is 45.5 Å². The standard InChI is InChI=1S/C19H23N5OS/c1-6-23(7-2)18(25)16-11-21-24(13(16)4)19-20-9-8-17(22-19)15-10-12(3)26-14(15)5/h8-11H,6-7H2,1-5H3. The van der Waals surface area contributed by atoms with Gasteiger partial charge in [0.05, 0.1) is 23.1 Å². The maximum absolute atomic E-state index is 12.6. The Morgan fingerprint density at radius 2 is 1.96 bits per heavy atom. The molecule has 0 fully saturated rings. The fourth-order valence-electron chi connectivity index (χ4n) is 2.99. The molecule has 0 aliphatic rings. The van der Waals surface area contributed by atoms with Gasteiger partial charge >= 0.3 is 0 Å². The van der Waals surface area contributed by atoms with E-state index in [0.717, 1.165) is 17.0 Å². The quantitative estimate of drug-likeness (QED) is 0.686. The number of rotatable bonds is 5. The zero-order valence-electron chi connectivity index (χ0n) is 15.8. The second kappa shape index (κ2) is 7.37. The molecule has 0 unspecified atom stereocenters. The molecule has 1 amide bonds. The average molecular weight is 369 g/mol. The van der Waals surface area contributed by atoms with E-state index in [1.54, 1.807) is 33.3 Å². The number of hydrogen-bond donors (Lipinski definition) is 0. The molecular weight excluding hydrogens is 346 g/mol. The average Bonchev–Trinajstić information content (AvgIpc) is 3.17. The normalized spacial score (nSPS) is 11.0. The fraction of sp³-hybridized carbons (Fsp3) is 0.368. The van der Waals surface area contributed by atoms with Gasteiger partial charge in [0.2, 0.25) is 0 Å². The van der Waals surface area contributed by atoms with Crippen molar-refractivity contribution in [1.82, 2.24) is 24.6 Å². The maximum atomic E-state index is 12.6. The van der Waals surface area contributed by atoms with Gasteiger partial charge in [-0.2, -0.15) is 5.10 Å². The molecular formula is C19H23N5OS. The molecule has 0 saturated carbocycles. The van der Waals surface area contributed by atoms with E-state index in [2.05, 4.69) is 35.0 Å². The third-order valence-electron chi connectivity index (χ3n) is 4.44. The van der Waals surface area contributed by atoms with E-state index in [4.69, 9.17) is 0 Å². The van der Waals surface area contributed by atoms with Crippen LogP contribution in [0, 0.1) is 20.8 Å². The molecule has 0 radical (unpaired) electrons. The monoisotopic (exact) mass is 369 g/mol. The molecule has 7 heteroatoms. The van der Waals surface area contributed by atoms with Crippen LogP contribution >= 0.6 is 11.3 Å². The molecule has 0 aliphatic carbocycles. The van der Waals surface area contributed by atoms with Crippen LogP contribution in [0.1, 0.15) is 39.7 Å². The van der Waals surface area contributed by atoms with Crippen LogP contribution in [0.3, 0.4) is 0 Å². The number of amides is 1. The number of hydrogen-bond acceptors (Lipinski definition) is 5. The summed E-state index contributed by atoms with van der Waals surface area (Å²) in [5.41, 5.74) is 3.31. The highest BCUT2D eigenvalue weighted by molar-refractivity contribution is 7.12. The van der Waals surface area contributed by atoms with Crippen molar-refractivity contribution >= 4 is 17.2 Å². The number of nitrogens with zero attached hydrogens (tertiary/aromatic N) is 5. The second-order valence-corrected chi connectivity index (χ2v) is 7.56. The van der Waals surface area contributed by atoms with Crippen LogP contribution in [0.15, 0.2) is 24.5 Å². The maximum Gasteiger partial charge on any atom is 0.257 e. The molecule has 136 valence electrons. The van der Waals surface area contributed by atoms with Gasteiger partial charge in [-0.05, 0) is 46.8 Å². The first-order chi connectivity index (χ1) is 12.5. The van der Waals surface area contributed by atoms with E-state index in [1.165, 1.54) is 9.75 Å². The van der Waals surface area contributed by atoms with Crippen LogP contribution in [-0.2, 0) is 0 Å². The first kappa shape index (κ1) is 18.3.